The van der Waals surface area contributed by atoms with E-state index in [4.69, 9.17) is 23.2 Å². The summed E-state index contributed by atoms with van der Waals surface area (Å²) in [6.45, 7) is 0. The molecular formula is C18H10BrCl2NS. The van der Waals surface area contributed by atoms with Crippen molar-refractivity contribution in [2.75, 3.05) is 5.32 Å². The van der Waals surface area contributed by atoms with Crippen LogP contribution in [0.1, 0.15) is 0 Å². The first-order valence-corrected chi connectivity index (χ1v) is 9.37. The molecule has 4 rings (SSSR count). The van der Waals surface area contributed by atoms with Gasteiger partial charge in [-0.3, -0.25) is 0 Å². The van der Waals surface area contributed by atoms with E-state index in [0.29, 0.717) is 5.02 Å². The van der Waals surface area contributed by atoms with Crippen LogP contribution in [0.2, 0.25) is 10.0 Å². The van der Waals surface area contributed by atoms with Gasteiger partial charge in [0.05, 0.1) is 11.4 Å². The van der Waals surface area contributed by atoms with Gasteiger partial charge in [-0.05, 0) is 51.6 Å². The van der Waals surface area contributed by atoms with Gasteiger partial charge in [0.15, 0.2) is 0 Å². The molecule has 0 amide bonds. The summed E-state index contributed by atoms with van der Waals surface area (Å²) in [7, 11) is 0. The predicted molar refractivity (Wildman–Crippen MR) is 107 cm³/mol. The number of benzene rings is 3. The van der Waals surface area contributed by atoms with Gasteiger partial charge in [-0.1, -0.05) is 41.4 Å². The van der Waals surface area contributed by atoms with Gasteiger partial charge in [0.2, 0.25) is 0 Å². The molecule has 1 nitrogen and oxygen atoms in total. The molecule has 1 heterocycles. The largest absolute Gasteiger partial charge is 0.353 e. The van der Waals surface area contributed by atoms with E-state index in [-0.39, 0.29) is 0 Å². The topological polar surface area (TPSA) is 12.0 Å². The Bertz CT molecular complexity index is 1040. The second-order valence-corrected chi connectivity index (χ2v) is 7.78. The summed E-state index contributed by atoms with van der Waals surface area (Å²) < 4.78 is 2.13. The van der Waals surface area contributed by atoms with Crippen molar-refractivity contribution in [2.24, 2.45) is 0 Å². The van der Waals surface area contributed by atoms with Crippen LogP contribution < -0.4 is 5.32 Å². The van der Waals surface area contributed by atoms with Crippen molar-refractivity contribution >= 4 is 82.7 Å². The normalized spacial score (nSPS) is 11.3. The molecule has 0 fully saturated rings. The molecule has 0 aliphatic carbocycles. The maximum absolute atomic E-state index is 6.47. The molecular weight excluding hydrogens is 413 g/mol. The van der Waals surface area contributed by atoms with Crippen molar-refractivity contribution in [3.63, 3.8) is 0 Å². The summed E-state index contributed by atoms with van der Waals surface area (Å²) in [6.07, 6.45) is 0. The van der Waals surface area contributed by atoms with Gasteiger partial charge in [0.1, 0.15) is 0 Å². The second kappa shape index (κ2) is 5.99. The Labute approximate surface area is 156 Å². The number of halogens is 3. The van der Waals surface area contributed by atoms with Crippen LogP contribution in [0.15, 0.2) is 58.4 Å². The highest BCUT2D eigenvalue weighted by atomic mass is 79.9. The van der Waals surface area contributed by atoms with E-state index in [2.05, 4.69) is 44.8 Å². The first kappa shape index (κ1) is 15.3. The van der Waals surface area contributed by atoms with Crippen LogP contribution in [0.5, 0.6) is 0 Å². The first-order chi connectivity index (χ1) is 11.1. The van der Waals surface area contributed by atoms with Crippen LogP contribution in [0.25, 0.3) is 20.9 Å². The third-order valence-electron chi connectivity index (χ3n) is 3.73. The summed E-state index contributed by atoms with van der Waals surface area (Å²) in [5.41, 5.74) is 2.02. The van der Waals surface area contributed by atoms with Crippen molar-refractivity contribution in [2.45, 2.75) is 0 Å². The number of thiophene rings is 1. The smallest absolute Gasteiger partial charge is 0.0580 e. The molecule has 3 aromatic carbocycles. The quantitative estimate of drug-likeness (QED) is 0.346. The van der Waals surface area contributed by atoms with Gasteiger partial charge in [-0.15, -0.1) is 11.3 Å². The lowest BCUT2D eigenvalue weighted by Gasteiger charge is -2.10. The van der Waals surface area contributed by atoms with E-state index in [9.17, 15) is 0 Å². The average molecular weight is 423 g/mol. The van der Waals surface area contributed by atoms with E-state index in [0.717, 1.165) is 37.0 Å². The predicted octanol–water partition coefficient (Wildman–Crippen LogP) is 7.87. The van der Waals surface area contributed by atoms with Gasteiger partial charge < -0.3 is 5.32 Å². The Morgan fingerprint density at radius 1 is 0.913 bits per heavy atom. The van der Waals surface area contributed by atoms with Crippen LogP contribution in [0, 0.1) is 0 Å². The van der Waals surface area contributed by atoms with E-state index in [1.165, 1.54) is 4.70 Å². The number of hydrogen-bond acceptors (Lipinski definition) is 2. The van der Waals surface area contributed by atoms with Gasteiger partial charge in [0, 0.05) is 35.4 Å². The third kappa shape index (κ3) is 2.72. The zero-order valence-electron chi connectivity index (χ0n) is 11.7. The minimum absolute atomic E-state index is 0.700. The van der Waals surface area contributed by atoms with E-state index in [1.54, 1.807) is 11.3 Å². The van der Waals surface area contributed by atoms with Crippen LogP contribution in [0.3, 0.4) is 0 Å². The lowest BCUT2D eigenvalue weighted by Crippen LogP contribution is -1.90. The lowest BCUT2D eigenvalue weighted by atomic mass is 10.1. The number of fused-ring (bicyclic) bond motifs is 3. The highest BCUT2D eigenvalue weighted by Crippen LogP contribution is 2.41. The monoisotopic (exact) mass is 421 g/mol. The Morgan fingerprint density at radius 2 is 1.78 bits per heavy atom. The van der Waals surface area contributed by atoms with Crippen LogP contribution >= 0.6 is 50.5 Å². The summed E-state index contributed by atoms with van der Waals surface area (Å²) in [4.78, 5) is 0. The zero-order chi connectivity index (χ0) is 16.0. The van der Waals surface area contributed by atoms with Crippen molar-refractivity contribution in [3.8, 4) is 0 Å². The lowest BCUT2D eigenvalue weighted by molar-refractivity contribution is 1.56. The molecule has 0 unspecified atom stereocenters. The highest BCUT2D eigenvalue weighted by Gasteiger charge is 2.12. The molecule has 114 valence electrons. The average Bonchev–Trinajstić information content (AvgIpc) is 2.93. The molecule has 0 atom stereocenters. The van der Waals surface area contributed by atoms with Crippen LogP contribution in [-0.4, -0.2) is 0 Å². The van der Waals surface area contributed by atoms with E-state index >= 15 is 0 Å². The first-order valence-electron chi connectivity index (χ1n) is 6.94. The molecule has 0 saturated heterocycles. The second-order valence-electron chi connectivity index (χ2n) is 5.18. The molecule has 4 aromatic rings. The molecule has 0 radical (unpaired) electrons. The standard InChI is InChI=1S/C18H10BrCl2NS/c19-12-8-11(20)5-6-14(12)22-15-9-23-16-7-4-10-2-1-3-13(21)17(10)18(15)16/h1-9,22H. The fraction of sp³-hybridized carbons (Fsp3) is 0. The highest BCUT2D eigenvalue weighted by molar-refractivity contribution is 9.10. The Morgan fingerprint density at radius 3 is 2.61 bits per heavy atom. The van der Waals surface area contributed by atoms with Crippen LogP contribution in [0.4, 0.5) is 11.4 Å². The summed E-state index contributed by atoms with van der Waals surface area (Å²) in [5.74, 6) is 0. The van der Waals surface area contributed by atoms with E-state index < -0.39 is 0 Å². The third-order valence-corrected chi connectivity index (χ3v) is 5.88. The maximum Gasteiger partial charge on any atom is 0.0580 e. The Balaban J connectivity index is 1.94. The number of rotatable bonds is 2. The molecule has 1 aromatic heterocycles. The molecule has 1 N–H and O–H groups in total. The van der Waals surface area contributed by atoms with Gasteiger partial charge in [-0.25, -0.2) is 0 Å². The Hall–Kier alpha value is -1.26. The van der Waals surface area contributed by atoms with Crippen molar-refractivity contribution in [1.29, 1.82) is 0 Å². The fourth-order valence-corrected chi connectivity index (χ4v) is 4.65. The molecule has 23 heavy (non-hydrogen) atoms. The van der Waals surface area contributed by atoms with Crippen LogP contribution in [-0.2, 0) is 0 Å². The molecule has 0 saturated carbocycles. The van der Waals surface area contributed by atoms with Crippen molar-refractivity contribution < 1.29 is 0 Å². The van der Waals surface area contributed by atoms with Gasteiger partial charge >= 0.3 is 0 Å². The number of hydrogen-bond donors (Lipinski definition) is 1. The molecule has 0 spiro atoms. The van der Waals surface area contributed by atoms with E-state index in [1.807, 2.05) is 30.3 Å². The summed E-state index contributed by atoms with van der Waals surface area (Å²) in [6, 6.07) is 16.0. The Kier molecular flexibility index (Phi) is 3.98. The fourth-order valence-electron chi connectivity index (χ4n) is 2.69. The SMILES string of the molecule is Clc1ccc(Nc2csc3ccc4cccc(Cl)c4c23)c(Br)c1. The zero-order valence-corrected chi connectivity index (χ0v) is 15.7. The number of anilines is 2. The molecule has 0 aliphatic heterocycles. The summed E-state index contributed by atoms with van der Waals surface area (Å²) in [5, 5.41) is 10.5. The van der Waals surface area contributed by atoms with Crippen molar-refractivity contribution in [1.82, 2.24) is 0 Å². The molecule has 0 bridgehead atoms. The van der Waals surface area contributed by atoms with Gasteiger partial charge in [0.25, 0.3) is 0 Å². The minimum Gasteiger partial charge on any atom is -0.353 e. The molecule has 0 aliphatic rings. The number of nitrogens with one attached hydrogen (secondary N) is 1. The minimum atomic E-state index is 0.700. The molecule has 5 heteroatoms. The maximum atomic E-state index is 6.47. The van der Waals surface area contributed by atoms with Crippen molar-refractivity contribution in [3.05, 3.63) is 68.4 Å². The summed E-state index contributed by atoms with van der Waals surface area (Å²) >= 11 is 17.7. The van der Waals surface area contributed by atoms with Gasteiger partial charge in [-0.2, -0.15) is 0 Å².